The van der Waals surface area contributed by atoms with Crippen LogP contribution in [0.15, 0.2) is 36.7 Å². The van der Waals surface area contributed by atoms with Gasteiger partial charge in [0.2, 0.25) is 0 Å². The molecule has 2 N–H and O–H groups in total. The molecule has 0 atom stereocenters. The molecule has 0 saturated carbocycles. The van der Waals surface area contributed by atoms with Crippen molar-refractivity contribution < 1.29 is 0 Å². The van der Waals surface area contributed by atoms with E-state index in [1.165, 1.54) is 5.56 Å². The van der Waals surface area contributed by atoms with Gasteiger partial charge in [0, 0.05) is 5.56 Å². The van der Waals surface area contributed by atoms with Gasteiger partial charge in [0.1, 0.15) is 0 Å². The number of nitrogens with two attached hydrogens (primary N) is 1. The van der Waals surface area contributed by atoms with Crippen LogP contribution in [0.4, 0.5) is 5.69 Å². The first-order valence-electron chi connectivity index (χ1n) is 4.41. The van der Waals surface area contributed by atoms with Crippen LogP contribution in [0.3, 0.4) is 0 Å². The van der Waals surface area contributed by atoms with Gasteiger partial charge in [-0.2, -0.15) is 10.2 Å². The molecule has 0 spiro atoms. The minimum Gasteiger partial charge on any atom is -0.397 e. The first-order valence-corrected chi connectivity index (χ1v) is 4.41. The standard InChI is InChI=1S/C11H11N3/c1-8-4-2-3-5-9(8)10-6-13-14-7-11(10)12/h2-7H,1H3,(H2,12,13). The number of nitrogens with zero attached hydrogens (tertiary/aromatic N) is 2. The van der Waals surface area contributed by atoms with Crippen LogP contribution in [0.5, 0.6) is 0 Å². The molecular weight excluding hydrogens is 174 g/mol. The predicted octanol–water partition coefficient (Wildman–Crippen LogP) is 2.03. The van der Waals surface area contributed by atoms with Crippen molar-refractivity contribution in [2.45, 2.75) is 6.92 Å². The summed E-state index contributed by atoms with van der Waals surface area (Å²) in [7, 11) is 0. The van der Waals surface area contributed by atoms with E-state index >= 15 is 0 Å². The second-order valence-electron chi connectivity index (χ2n) is 3.17. The summed E-state index contributed by atoms with van der Waals surface area (Å²) < 4.78 is 0. The number of hydrogen-bond donors (Lipinski definition) is 1. The Morgan fingerprint density at radius 3 is 2.43 bits per heavy atom. The average Bonchev–Trinajstić information content (AvgIpc) is 2.20. The lowest BCUT2D eigenvalue weighted by Gasteiger charge is -2.06. The van der Waals surface area contributed by atoms with Crippen LogP contribution in [0.25, 0.3) is 11.1 Å². The molecule has 1 aromatic heterocycles. The summed E-state index contributed by atoms with van der Waals surface area (Å²) in [6.45, 7) is 2.05. The zero-order chi connectivity index (χ0) is 9.97. The van der Waals surface area contributed by atoms with Crippen LogP contribution in [-0.4, -0.2) is 10.2 Å². The van der Waals surface area contributed by atoms with Crippen molar-refractivity contribution in [1.82, 2.24) is 10.2 Å². The summed E-state index contributed by atoms with van der Waals surface area (Å²) in [6, 6.07) is 8.07. The van der Waals surface area contributed by atoms with E-state index < -0.39 is 0 Å². The van der Waals surface area contributed by atoms with Gasteiger partial charge in [-0.3, -0.25) is 0 Å². The van der Waals surface area contributed by atoms with Crippen LogP contribution in [0, 0.1) is 6.92 Å². The number of rotatable bonds is 1. The van der Waals surface area contributed by atoms with Crippen molar-refractivity contribution in [3.63, 3.8) is 0 Å². The van der Waals surface area contributed by atoms with Crippen LogP contribution in [-0.2, 0) is 0 Å². The summed E-state index contributed by atoms with van der Waals surface area (Å²) in [5.74, 6) is 0. The zero-order valence-corrected chi connectivity index (χ0v) is 7.94. The SMILES string of the molecule is Cc1ccccc1-c1cnncc1N. The topological polar surface area (TPSA) is 51.8 Å². The van der Waals surface area contributed by atoms with Crippen molar-refractivity contribution in [1.29, 1.82) is 0 Å². The number of hydrogen-bond acceptors (Lipinski definition) is 3. The number of anilines is 1. The van der Waals surface area contributed by atoms with E-state index in [2.05, 4.69) is 23.2 Å². The molecule has 14 heavy (non-hydrogen) atoms. The fourth-order valence-corrected chi connectivity index (χ4v) is 1.43. The maximum Gasteiger partial charge on any atom is 0.0732 e. The molecular formula is C11H11N3. The number of nitrogen functional groups attached to an aromatic ring is 1. The Morgan fingerprint density at radius 2 is 1.71 bits per heavy atom. The lowest BCUT2D eigenvalue weighted by atomic mass is 10.0. The Kier molecular flexibility index (Phi) is 2.14. The van der Waals surface area contributed by atoms with Crippen molar-refractivity contribution in [3.8, 4) is 11.1 Å². The van der Waals surface area contributed by atoms with E-state index in [1.54, 1.807) is 12.4 Å². The van der Waals surface area contributed by atoms with E-state index in [0.29, 0.717) is 5.69 Å². The molecule has 0 saturated heterocycles. The molecule has 70 valence electrons. The van der Waals surface area contributed by atoms with Crippen LogP contribution in [0.1, 0.15) is 5.56 Å². The van der Waals surface area contributed by atoms with Crippen LogP contribution >= 0.6 is 0 Å². The Labute approximate surface area is 82.6 Å². The van der Waals surface area contributed by atoms with Gasteiger partial charge in [0.05, 0.1) is 18.1 Å². The molecule has 0 aliphatic carbocycles. The lowest BCUT2D eigenvalue weighted by Crippen LogP contribution is -1.94. The first-order chi connectivity index (χ1) is 6.79. The van der Waals surface area contributed by atoms with Gasteiger partial charge in [-0.15, -0.1) is 0 Å². The van der Waals surface area contributed by atoms with Crippen molar-refractivity contribution >= 4 is 5.69 Å². The highest BCUT2D eigenvalue weighted by Crippen LogP contribution is 2.26. The molecule has 0 amide bonds. The van der Waals surface area contributed by atoms with Gasteiger partial charge < -0.3 is 5.73 Å². The van der Waals surface area contributed by atoms with Gasteiger partial charge >= 0.3 is 0 Å². The van der Waals surface area contributed by atoms with E-state index in [4.69, 9.17) is 5.73 Å². The third-order valence-electron chi connectivity index (χ3n) is 2.20. The van der Waals surface area contributed by atoms with E-state index in [9.17, 15) is 0 Å². The third-order valence-corrected chi connectivity index (χ3v) is 2.20. The van der Waals surface area contributed by atoms with Gasteiger partial charge in [-0.05, 0) is 18.1 Å². The molecule has 1 heterocycles. The van der Waals surface area contributed by atoms with Gasteiger partial charge in [0.25, 0.3) is 0 Å². The highest BCUT2D eigenvalue weighted by atomic mass is 15.1. The zero-order valence-electron chi connectivity index (χ0n) is 7.94. The monoisotopic (exact) mass is 185 g/mol. The molecule has 0 radical (unpaired) electrons. The fourth-order valence-electron chi connectivity index (χ4n) is 1.43. The number of aromatic nitrogens is 2. The smallest absolute Gasteiger partial charge is 0.0732 e. The molecule has 0 unspecified atom stereocenters. The van der Waals surface area contributed by atoms with Gasteiger partial charge in [0.15, 0.2) is 0 Å². The maximum absolute atomic E-state index is 5.82. The summed E-state index contributed by atoms with van der Waals surface area (Å²) in [5, 5.41) is 7.56. The molecule has 3 heteroatoms. The minimum absolute atomic E-state index is 0.661. The fraction of sp³-hybridized carbons (Fsp3) is 0.0909. The molecule has 1 aromatic carbocycles. The Balaban J connectivity index is 2.61. The normalized spacial score (nSPS) is 10.1. The number of aryl methyl sites for hydroxylation is 1. The maximum atomic E-state index is 5.82. The first kappa shape index (κ1) is 8.69. The Hall–Kier alpha value is -1.90. The van der Waals surface area contributed by atoms with Crippen molar-refractivity contribution in [3.05, 3.63) is 42.2 Å². The van der Waals surface area contributed by atoms with E-state index in [1.807, 2.05) is 18.2 Å². The van der Waals surface area contributed by atoms with Gasteiger partial charge in [-0.25, -0.2) is 0 Å². The van der Waals surface area contributed by atoms with Crippen LogP contribution in [0.2, 0.25) is 0 Å². The second kappa shape index (κ2) is 3.46. The highest BCUT2D eigenvalue weighted by molar-refractivity contribution is 5.76. The second-order valence-corrected chi connectivity index (χ2v) is 3.17. The summed E-state index contributed by atoms with van der Waals surface area (Å²) in [6.07, 6.45) is 3.26. The minimum atomic E-state index is 0.661. The van der Waals surface area contributed by atoms with E-state index in [0.717, 1.165) is 11.1 Å². The molecule has 0 aliphatic heterocycles. The highest BCUT2D eigenvalue weighted by Gasteiger charge is 2.04. The summed E-state index contributed by atoms with van der Waals surface area (Å²) >= 11 is 0. The molecule has 0 fully saturated rings. The molecule has 0 aliphatic rings. The van der Waals surface area contributed by atoms with Crippen molar-refractivity contribution in [2.24, 2.45) is 0 Å². The van der Waals surface area contributed by atoms with Crippen LogP contribution < -0.4 is 5.73 Å². The average molecular weight is 185 g/mol. The van der Waals surface area contributed by atoms with E-state index in [-0.39, 0.29) is 0 Å². The van der Waals surface area contributed by atoms with Crippen molar-refractivity contribution in [2.75, 3.05) is 5.73 Å². The quantitative estimate of drug-likeness (QED) is 0.739. The molecule has 2 aromatic rings. The molecule has 2 rings (SSSR count). The largest absolute Gasteiger partial charge is 0.397 e. The number of benzene rings is 1. The lowest BCUT2D eigenvalue weighted by molar-refractivity contribution is 1.04. The predicted molar refractivity (Wildman–Crippen MR) is 56.6 cm³/mol. The third kappa shape index (κ3) is 1.44. The summed E-state index contributed by atoms with van der Waals surface area (Å²) in [5.41, 5.74) is 9.72. The van der Waals surface area contributed by atoms with Gasteiger partial charge in [-0.1, -0.05) is 24.3 Å². The summed E-state index contributed by atoms with van der Waals surface area (Å²) in [4.78, 5) is 0. The molecule has 3 nitrogen and oxygen atoms in total. The Morgan fingerprint density at radius 1 is 1.00 bits per heavy atom. The molecule has 0 bridgehead atoms. The Bertz CT molecular complexity index is 408.